The Morgan fingerprint density at radius 1 is 0.653 bits per heavy atom. The van der Waals surface area contributed by atoms with Gasteiger partial charge in [-0.15, -0.1) is 0 Å². The third-order valence-electron chi connectivity index (χ3n) is 12.5. The van der Waals surface area contributed by atoms with Crippen LogP contribution in [0.4, 0.5) is 28.9 Å². The number of rotatable bonds is 25. The SMILES string of the molecule is COCCN1/C(=C/C=C/C=C/C=C/C2=[N+](CCCCCC(=O)Oc3c(F)c(F)c(S(=O)(=O)[O-])c(F)c3F)c3ccc(S(=O)(=O)[O-])cc3C2(C)CCCS(=O)(=O)[O-])C(C)(CCCS(=O)(=O)[O-])c2cc(S(=O)(=O)[O-])ccc21. The lowest BCUT2D eigenvalue weighted by molar-refractivity contribution is -0.438. The first-order valence-corrected chi connectivity index (χ1v) is 29.8. The molecule has 0 radical (unpaired) electrons. The number of methoxy groups -OCH3 is 1. The van der Waals surface area contributed by atoms with Crippen LogP contribution in [0.25, 0.3) is 0 Å². The fourth-order valence-corrected chi connectivity index (χ4v) is 11.6. The standard InChI is InChI=1S/C46H52F4N2O18S5/c1-45(21-12-26-71(54,55)56)32-28-30(73(60,61)62)17-19-34(32)51(23-11-7-10-16-38(53)70-43-39(47)41(49)44(75(66,67)68)42(50)40(43)48)36(45)14-8-5-4-6-9-15-37-46(2,22-13-27-72(57,58)59)33-29-31(74(63,64)65)18-20-35(33)52(37)24-25-69-3/h4-6,8-9,14-15,17-20,28-29H,7,10-13,16,21-27H2,1-3H3,(H4-,54,55,56,57,58,59,60,61,62,63,64,65,66,67,68)/p-4. The topological polar surface area (TPSA) is 328 Å². The van der Waals surface area contributed by atoms with Gasteiger partial charge in [0, 0.05) is 72.5 Å². The second-order valence-electron chi connectivity index (χ2n) is 17.7. The Balaban J connectivity index is 1.46. The van der Waals surface area contributed by atoms with Crippen LogP contribution in [0, 0.1) is 23.3 Å². The molecule has 2 aliphatic heterocycles. The van der Waals surface area contributed by atoms with Gasteiger partial charge in [-0.3, -0.25) is 4.79 Å². The molecular formula is C46H48F4N2O18S5-4. The first-order valence-electron chi connectivity index (χ1n) is 22.4. The molecule has 2 heterocycles. The van der Waals surface area contributed by atoms with Crippen LogP contribution in [0.1, 0.15) is 76.3 Å². The zero-order valence-electron chi connectivity index (χ0n) is 40.0. The normalized spacial score (nSPS) is 19.1. The van der Waals surface area contributed by atoms with Crippen LogP contribution in [0.15, 0.2) is 99.3 Å². The molecule has 2 unspecified atom stereocenters. The highest BCUT2D eigenvalue weighted by atomic mass is 32.2. The summed E-state index contributed by atoms with van der Waals surface area (Å²) >= 11 is 0. The van der Waals surface area contributed by atoms with Gasteiger partial charge in [-0.05, 0) is 94.3 Å². The molecule has 0 fully saturated rings. The molecule has 29 heteroatoms. The van der Waals surface area contributed by atoms with Crippen LogP contribution < -0.4 is 9.64 Å². The summed E-state index contributed by atoms with van der Waals surface area (Å²) < 4.78 is 245. The number of carbonyl (C=O) groups is 1. The van der Waals surface area contributed by atoms with Gasteiger partial charge in [0.1, 0.15) is 41.8 Å². The largest absolute Gasteiger partial charge is 0.748 e. The highest BCUT2D eigenvalue weighted by Crippen LogP contribution is 2.51. The molecule has 0 saturated carbocycles. The molecular weight excluding hydrogens is 1100 g/mol. The quantitative estimate of drug-likeness (QED) is 0.0155. The van der Waals surface area contributed by atoms with Crippen molar-refractivity contribution >= 4 is 73.6 Å². The molecule has 0 N–H and O–H groups in total. The lowest BCUT2D eigenvalue weighted by atomic mass is 9.76. The minimum Gasteiger partial charge on any atom is -0.748 e. The number of esters is 1. The molecule has 5 rings (SSSR count). The average Bonchev–Trinajstić information content (AvgIpc) is 3.66. The molecule has 412 valence electrons. The van der Waals surface area contributed by atoms with Gasteiger partial charge in [0.25, 0.3) is 0 Å². The summed E-state index contributed by atoms with van der Waals surface area (Å²) in [7, 11) is -23.9. The van der Waals surface area contributed by atoms with Crippen molar-refractivity contribution < 1.29 is 101 Å². The van der Waals surface area contributed by atoms with Crippen molar-refractivity contribution in [2.45, 2.75) is 90.7 Å². The van der Waals surface area contributed by atoms with E-state index in [0.29, 0.717) is 28.3 Å². The summed E-state index contributed by atoms with van der Waals surface area (Å²) in [5, 5.41) is 0. The van der Waals surface area contributed by atoms with Crippen LogP contribution >= 0.6 is 0 Å². The lowest BCUT2D eigenvalue weighted by Gasteiger charge is -2.30. The van der Waals surface area contributed by atoms with Crippen LogP contribution in [-0.2, 0) is 71.0 Å². The monoisotopic (exact) mass is 1150 g/mol. The zero-order chi connectivity index (χ0) is 56.1. The van der Waals surface area contributed by atoms with Crippen molar-refractivity contribution in [2.75, 3.05) is 43.2 Å². The van der Waals surface area contributed by atoms with Gasteiger partial charge in [0.15, 0.2) is 17.3 Å². The third-order valence-corrected chi connectivity index (χ3v) is 16.6. The summed E-state index contributed by atoms with van der Waals surface area (Å²) in [5.41, 5.74) is 0.116. The summed E-state index contributed by atoms with van der Waals surface area (Å²) in [6, 6.07) is 7.35. The molecule has 0 amide bonds. The predicted molar refractivity (Wildman–Crippen MR) is 254 cm³/mol. The second-order valence-corrected chi connectivity index (χ2v) is 24.8. The Bertz CT molecular complexity index is 3440. The smallest absolute Gasteiger partial charge is 0.311 e. The number of ether oxygens (including phenoxy) is 2. The van der Waals surface area contributed by atoms with E-state index >= 15 is 0 Å². The molecule has 0 bridgehead atoms. The molecule has 75 heavy (non-hydrogen) atoms. The molecule has 0 aliphatic carbocycles. The fraction of sp³-hybridized carbons (Fsp3) is 0.391. The number of fused-ring (bicyclic) bond motifs is 2. The number of benzene rings is 3. The van der Waals surface area contributed by atoms with E-state index in [0.717, 1.165) is 18.2 Å². The van der Waals surface area contributed by atoms with Gasteiger partial charge < -0.3 is 37.1 Å². The molecule has 20 nitrogen and oxygen atoms in total. The van der Waals surface area contributed by atoms with Gasteiger partial charge in [-0.1, -0.05) is 30.4 Å². The van der Waals surface area contributed by atoms with E-state index < -0.39 is 129 Å². The van der Waals surface area contributed by atoms with E-state index in [1.807, 2.05) is 0 Å². The third kappa shape index (κ3) is 14.6. The molecule has 2 atom stereocenters. The van der Waals surface area contributed by atoms with Gasteiger partial charge in [-0.2, -0.15) is 13.4 Å². The number of carbonyl (C=O) groups excluding carboxylic acids is 1. The maximum atomic E-state index is 14.5. The number of unbranched alkanes of at least 4 members (excludes halogenated alkanes) is 2. The first kappa shape index (κ1) is 60.7. The Kier molecular flexibility index (Phi) is 19.1. The van der Waals surface area contributed by atoms with Crippen molar-refractivity contribution in [3.05, 3.63) is 119 Å². The number of anilines is 1. The summed E-state index contributed by atoms with van der Waals surface area (Å²) in [6.07, 6.45) is 10.5. The molecule has 2 aliphatic rings. The van der Waals surface area contributed by atoms with Crippen molar-refractivity contribution in [3.63, 3.8) is 0 Å². The van der Waals surface area contributed by atoms with Crippen LogP contribution in [-0.4, -0.2) is 119 Å². The Morgan fingerprint density at radius 3 is 1.73 bits per heavy atom. The first-order chi connectivity index (χ1) is 34.7. The number of hydrogen-bond acceptors (Lipinski definition) is 19. The van der Waals surface area contributed by atoms with Crippen LogP contribution in [0.2, 0.25) is 0 Å². The van der Waals surface area contributed by atoms with Gasteiger partial charge >= 0.3 is 5.97 Å². The fourth-order valence-electron chi connectivity index (χ4n) is 9.04. The van der Waals surface area contributed by atoms with Crippen molar-refractivity contribution in [2.24, 2.45) is 0 Å². The molecule has 0 aromatic heterocycles. The summed E-state index contributed by atoms with van der Waals surface area (Å²) in [4.78, 5) is 10.7. The van der Waals surface area contributed by atoms with Crippen molar-refractivity contribution in [1.82, 2.24) is 0 Å². The van der Waals surface area contributed by atoms with Crippen LogP contribution in [0.5, 0.6) is 5.75 Å². The molecule has 0 spiro atoms. The maximum Gasteiger partial charge on any atom is 0.311 e. The van der Waals surface area contributed by atoms with E-state index in [9.17, 15) is 87.2 Å². The highest BCUT2D eigenvalue weighted by Gasteiger charge is 2.48. The second kappa shape index (κ2) is 23.6. The number of allylic oxidation sites excluding steroid dienone is 8. The Labute approximate surface area is 431 Å². The summed E-state index contributed by atoms with van der Waals surface area (Å²) in [5.74, 6) is -14.9. The average molecular weight is 1150 g/mol. The lowest BCUT2D eigenvalue weighted by Crippen LogP contribution is -2.32. The Morgan fingerprint density at radius 2 is 1.19 bits per heavy atom. The van der Waals surface area contributed by atoms with E-state index in [4.69, 9.17) is 4.74 Å². The predicted octanol–water partition coefficient (Wildman–Crippen LogP) is 5.11. The number of nitrogens with zero attached hydrogens (tertiary/aromatic N) is 2. The van der Waals surface area contributed by atoms with Crippen molar-refractivity contribution in [3.8, 4) is 5.75 Å². The van der Waals surface area contributed by atoms with Gasteiger partial charge in [0.05, 0.1) is 42.0 Å². The molecule has 0 saturated heterocycles. The van der Waals surface area contributed by atoms with E-state index in [2.05, 4.69) is 4.74 Å². The molecule has 3 aromatic carbocycles. The van der Waals surface area contributed by atoms with Gasteiger partial charge in [0.2, 0.25) is 23.1 Å². The molecule has 3 aromatic rings. The number of hydrogen-bond donors (Lipinski definition) is 0. The van der Waals surface area contributed by atoms with Gasteiger partial charge in [-0.25, -0.2) is 50.9 Å². The summed E-state index contributed by atoms with van der Waals surface area (Å²) in [6.45, 7) is 3.83. The van der Waals surface area contributed by atoms with E-state index in [1.165, 1.54) is 25.3 Å². The van der Waals surface area contributed by atoms with Crippen molar-refractivity contribution in [1.29, 1.82) is 0 Å². The highest BCUT2D eigenvalue weighted by molar-refractivity contribution is 7.86. The zero-order valence-corrected chi connectivity index (χ0v) is 44.1. The minimum atomic E-state index is -6.03. The van der Waals surface area contributed by atoms with Crippen LogP contribution in [0.3, 0.4) is 0 Å². The Hall–Kier alpha value is -5.21. The number of halogens is 4. The minimum absolute atomic E-state index is 0.0434. The maximum absolute atomic E-state index is 14.5. The van der Waals surface area contributed by atoms with E-state index in [1.54, 1.807) is 65.9 Å². The van der Waals surface area contributed by atoms with E-state index in [-0.39, 0.29) is 70.2 Å².